The van der Waals surface area contributed by atoms with Gasteiger partial charge >= 0.3 is 0 Å². The Morgan fingerprint density at radius 3 is 2.65 bits per heavy atom. The predicted molar refractivity (Wildman–Crippen MR) is 100 cm³/mol. The minimum Gasteiger partial charge on any atom is -0.289 e. The molecule has 1 amide bonds. The van der Waals surface area contributed by atoms with Gasteiger partial charge < -0.3 is 0 Å². The van der Waals surface area contributed by atoms with Gasteiger partial charge in [0, 0.05) is 12.1 Å². The van der Waals surface area contributed by atoms with Crippen molar-refractivity contribution in [1.82, 2.24) is 25.0 Å². The Balaban J connectivity index is 1.76. The van der Waals surface area contributed by atoms with Crippen molar-refractivity contribution in [2.24, 2.45) is 5.92 Å². The summed E-state index contributed by atoms with van der Waals surface area (Å²) in [5.74, 6) is 1.28. The molecular weight excluding hydrogens is 328 g/mol. The van der Waals surface area contributed by atoms with Crippen molar-refractivity contribution in [3.05, 3.63) is 58.7 Å². The number of nitrogens with one attached hydrogen (secondary N) is 2. The number of nitrogens with zero attached hydrogens (tertiary/aromatic N) is 4. The van der Waals surface area contributed by atoms with E-state index in [-0.39, 0.29) is 5.91 Å². The molecule has 0 aliphatic rings. The van der Waals surface area contributed by atoms with Gasteiger partial charge in [-0.25, -0.2) is 0 Å². The van der Waals surface area contributed by atoms with Gasteiger partial charge in [0.15, 0.2) is 0 Å². The molecular formula is C19H24N6O. The summed E-state index contributed by atoms with van der Waals surface area (Å²) < 4.78 is 1.85. The van der Waals surface area contributed by atoms with E-state index in [0.29, 0.717) is 29.7 Å². The molecule has 7 nitrogen and oxygen atoms in total. The Morgan fingerprint density at radius 2 is 1.96 bits per heavy atom. The Hall–Kier alpha value is -2.96. The number of carbonyl (C=O) groups is 1. The van der Waals surface area contributed by atoms with Gasteiger partial charge in [0.25, 0.3) is 5.91 Å². The summed E-state index contributed by atoms with van der Waals surface area (Å²) in [6.07, 6.45) is 0.788. The molecule has 0 aliphatic carbocycles. The molecule has 2 aromatic heterocycles. The van der Waals surface area contributed by atoms with Crippen LogP contribution >= 0.6 is 0 Å². The average molecular weight is 352 g/mol. The first kappa shape index (κ1) is 17.8. The number of aryl methyl sites for hydroxylation is 1. The van der Waals surface area contributed by atoms with Gasteiger partial charge in [0.05, 0.1) is 17.8 Å². The summed E-state index contributed by atoms with van der Waals surface area (Å²) in [4.78, 5) is 17.0. The maximum atomic E-state index is 12.7. The van der Waals surface area contributed by atoms with Gasteiger partial charge in [-0.1, -0.05) is 44.2 Å². The summed E-state index contributed by atoms with van der Waals surface area (Å²) >= 11 is 0. The maximum Gasteiger partial charge on any atom is 0.261 e. The van der Waals surface area contributed by atoms with Crippen molar-refractivity contribution in [3.63, 3.8) is 0 Å². The molecule has 0 saturated carbocycles. The van der Waals surface area contributed by atoms with Crippen LogP contribution in [0.5, 0.6) is 0 Å². The molecule has 3 rings (SSSR count). The van der Waals surface area contributed by atoms with Crippen LogP contribution < -0.4 is 5.32 Å². The number of hydrogen-bond donors (Lipinski definition) is 2. The lowest BCUT2D eigenvalue weighted by molar-refractivity contribution is 0.102. The van der Waals surface area contributed by atoms with Gasteiger partial charge in [-0.15, -0.1) is 5.10 Å². The second-order valence-electron chi connectivity index (χ2n) is 6.85. The fraction of sp³-hybridized carbons (Fsp3) is 0.368. The van der Waals surface area contributed by atoms with Crippen molar-refractivity contribution in [2.45, 2.75) is 40.7 Å². The molecule has 0 atom stereocenters. The zero-order chi connectivity index (χ0) is 18.7. The third kappa shape index (κ3) is 3.99. The number of amides is 1. The highest BCUT2D eigenvalue weighted by Gasteiger charge is 2.20. The van der Waals surface area contributed by atoms with Crippen LogP contribution in [-0.4, -0.2) is 30.9 Å². The molecule has 136 valence electrons. The van der Waals surface area contributed by atoms with Crippen LogP contribution in [0.2, 0.25) is 0 Å². The Labute approximate surface area is 152 Å². The number of rotatable bonds is 6. The van der Waals surface area contributed by atoms with E-state index in [1.807, 2.05) is 48.9 Å². The summed E-state index contributed by atoms with van der Waals surface area (Å²) in [5, 5.41) is 14.2. The fourth-order valence-corrected chi connectivity index (χ4v) is 2.93. The highest BCUT2D eigenvalue weighted by Crippen LogP contribution is 2.16. The Bertz CT molecular complexity index is 894. The van der Waals surface area contributed by atoms with Gasteiger partial charge in [-0.05, 0) is 25.3 Å². The van der Waals surface area contributed by atoms with Crippen LogP contribution in [0.4, 0.5) is 5.95 Å². The smallest absolute Gasteiger partial charge is 0.261 e. The molecule has 2 heterocycles. The molecule has 7 heteroatoms. The second-order valence-corrected chi connectivity index (χ2v) is 6.85. The van der Waals surface area contributed by atoms with E-state index in [2.05, 4.69) is 39.4 Å². The van der Waals surface area contributed by atoms with Crippen molar-refractivity contribution in [3.8, 4) is 0 Å². The van der Waals surface area contributed by atoms with Gasteiger partial charge in [-0.3, -0.25) is 19.9 Å². The number of aromatic amines is 1. The molecule has 0 radical (unpaired) electrons. The molecule has 0 bridgehead atoms. The van der Waals surface area contributed by atoms with Crippen LogP contribution in [0.25, 0.3) is 0 Å². The Morgan fingerprint density at radius 1 is 1.23 bits per heavy atom. The van der Waals surface area contributed by atoms with Gasteiger partial charge in [-0.2, -0.15) is 10.1 Å². The van der Waals surface area contributed by atoms with Crippen molar-refractivity contribution < 1.29 is 4.79 Å². The van der Waals surface area contributed by atoms with Crippen LogP contribution in [-0.2, 0) is 13.0 Å². The summed E-state index contributed by atoms with van der Waals surface area (Å²) in [7, 11) is 0. The first-order valence-electron chi connectivity index (χ1n) is 8.74. The molecule has 0 aliphatic heterocycles. The maximum absolute atomic E-state index is 12.7. The third-order valence-corrected chi connectivity index (χ3v) is 4.14. The standard InChI is InChI=1S/C19H24N6O/c1-12(2)10-16-20-19(23-22-16)21-18(26)17-13(3)24-25(14(17)4)11-15-8-6-5-7-9-15/h5-9,12H,10-11H2,1-4H3,(H2,20,21,22,23,26). The topological polar surface area (TPSA) is 88.5 Å². The zero-order valence-corrected chi connectivity index (χ0v) is 15.6. The summed E-state index contributed by atoms with van der Waals surface area (Å²) in [6.45, 7) is 8.58. The van der Waals surface area contributed by atoms with Crippen LogP contribution in [0.15, 0.2) is 30.3 Å². The normalized spacial score (nSPS) is 11.1. The number of anilines is 1. The Kier molecular flexibility index (Phi) is 5.16. The van der Waals surface area contributed by atoms with E-state index < -0.39 is 0 Å². The lowest BCUT2D eigenvalue weighted by Crippen LogP contribution is -2.15. The molecule has 0 spiro atoms. The van der Waals surface area contributed by atoms with E-state index in [9.17, 15) is 4.79 Å². The van der Waals surface area contributed by atoms with E-state index in [0.717, 1.165) is 23.5 Å². The molecule has 2 N–H and O–H groups in total. The second kappa shape index (κ2) is 7.51. The molecule has 3 aromatic rings. The van der Waals surface area contributed by atoms with Crippen molar-refractivity contribution >= 4 is 11.9 Å². The highest BCUT2D eigenvalue weighted by molar-refractivity contribution is 6.04. The molecule has 26 heavy (non-hydrogen) atoms. The number of carbonyl (C=O) groups excluding carboxylic acids is 1. The fourth-order valence-electron chi connectivity index (χ4n) is 2.93. The third-order valence-electron chi connectivity index (χ3n) is 4.14. The number of aromatic nitrogens is 5. The number of hydrogen-bond acceptors (Lipinski definition) is 4. The van der Waals surface area contributed by atoms with Gasteiger partial charge in [0.1, 0.15) is 5.82 Å². The van der Waals surface area contributed by atoms with Crippen molar-refractivity contribution in [1.29, 1.82) is 0 Å². The number of benzene rings is 1. The van der Waals surface area contributed by atoms with Gasteiger partial charge in [0.2, 0.25) is 5.95 Å². The van der Waals surface area contributed by atoms with Crippen LogP contribution in [0, 0.1) is 19.8 Å². The summed E-state index contributed by atoms with van der Waals surface area (Å²) in [6, 6.07) is 10.0. The summed E-state index contributed by atoms with van der Waals surface area (Å²) in [5.41, 5.74) is 3.21. The van der Waals surface area contributed by atoms with E-state index in [4.69, 9.17) is 0 Å². The molecule has 0 unspecified atom stereocenters. The lowest BCUT2D eigenvalue weighted by Gasteiger charge is -2.05. The van der Waals surface area contributed by atoms with E-state index in [1.54, 1.807) is 0 Å². The van der Waals surface area contributed by atoms with E-state index in [1.165, 1.54) is 0 Å². The minimum absolute atomic E-state index is 0.241. The lowest BCUT2D eigenvalue weighted by atomic mass is 10.1. The molecule has 0 saturated heterocycles. The highest BCUT2D eigenvalue weighted by atomic mass is 16.1. The van der Waals surface area contributed by atoms with E-state index >= 15 is 0 Å². The molecule has 0 fully saturated rings. The van der Waals surface area contributed by atoms with Crippen molar-refractivity contribution in [2.75, 3.05) is 5.32 Å². The minimum atomic E-state index is -0.241. The quantitative estimate of drug-likeness (QED) is 0.713. The largest absolute Gasteiger partial charge is 0.289 e. The average Bonchev–Trinajstić information content (AvgIpc) is 3.12. The first-order valence-corrected chi connectivity index (χ1v) is 8.74. The van der Waals surface area contributed by atoms with Crippen LogP contribution in [0.1, 0.15) is 47.0 Å². The predicted octanol–water partition coefficient (Wildman–Crippen LogP) is 3.12. The molecule has 1 aromatic carbocycles. The van der Waals surface area contributed by atoms with Crippen LogP contribution in [0.3, 0.4) is 0 Å². The monoisotopic (exact) mass is 352 g/mol. The first-order chi connectivity index (χ1) is 12.4. The zero-order valence-electron chi connectivity index (χ0n) is 15.6. The number of H-pyrrole nitrogens is 1. The SMILES string of the molecule is Cc1nn(Cc2ccccc2)c(C)c1C(=O)Nc1n[nH]c(CC(C)C)n1.